The molecule has 1 aliphatic heterocycles. The summed E-state index contributed by atoms with van der Waals surface area (Å²) in [5.74, 6) is 1.70. The van der Waals surface area contributed by atoms with Crippen molar-refractivity contribution in [2.45, 2.75) is 12.5 Å². The molecule has 1 saturated heterocycles. The van der Waals surface area contributed by atoms with E-state index in [-0.39, 0.29) is 37.0 Å². The van der Waals surface area contributed by atoms with Crippen molar-refractivity contribution in [1.82, 2.24) is 10.2 Å². The fraction of sp³-hybridized carbons (Fsp3) is 0.364. The van der Waals surface area contributed by atoms with Crippen LogP contribution in [0.4, 0.5) is 0 Å². The Morgan fingerprint density at radius 3 is 2.07 bits per heavy atom. The van der Waals surface area contributed by atoms with Crippen LogP contribution in [0.1, 0.15) is 6.42 Å². The van der Waals surface area contributed by atoms with Crippen molar-refractivity contribution in [3.8, 4) is 11.5 Å². The van der Waals surface area contributed by atoms with E-state index in [0.29, 0.717) is 40.6 Å². The summed E-state index contributed by atoms with van der Waals surface area (Å²) in [6, 6.07) is 13.9. The molecule has 3 atom stereocenters. The summed E-state index contributed by atoms with van der Waals surface area (Å²) in [6.45, 7) is 1.29. The number of likely N-dealkylation sites (tertiary alicyclic amines) is 1. The Hall–Kier alpha value is -2.44. The standard InChI is InChI=1S/C22H22Cl2N2O4/c23-15-1-5-17(6-2-15)29-12-21(27)25-20-9-14-10-26(11-19(14)20)22(28)13-30-18-7-3-16(24)4-8-18/h1-8,14,19-20H,9-13H2,(H,25,27)/t14-,19+,20?/m1/s1. The first kappa shape index (κ1) is 20.8. The maximum absolute atomic E-state index is 12.5. The number of fused-ring (bicyclic) bond motifs is 1. The minimum atomic E-state index is -0.163. The van der Waals surface area contributed by atoms with Gasteiger partial charge in [-0.3, -0.25) is 9.59 Å². The fourth-order valence-electron chi connectivity index (χ4n) is 3.97. The Balaban J connectivity index is 1.19. The molecule has 6 nitrogen and oxygen atoms in total. The molecule has 158 valence electrons. The van der Waals surface area contributed by atoms with Gasteiger partial charge in [-0.05, 0) is 60.9 Å². The molecule has 0 radical (unpaired) electrons. The van der Waals surface area contributed by atoms with E-state index in [0.717, 1.165) is 6.42 Å². The third kappa shape index (κ3) is 4.99. The lowest BCUT2D eigenvalue weighted by molar-refractivity contribution is -0.132. The maximum Gasteiger partial charge on any atom is 0.260 e. The van der Waals surface area contributed by atoms with Crippen LogP contribution in [0.25, 0.3) is 0 Å². The van der Waals surface area contributed by atoms with Crippen molar-refractivity contribution < 1.29 is 19.1 Å². The van der Waals surface area contributed by atoms with Gasteiger partial charge in [0.1, 0.15) is 11.5 Å². The SMILES string of the molecule is O=C(COc1ccc(Cl)cc1)NC1C[C@@H]2CN(C(=O)COc3ccc(Cl)cc3)C[C@H]12. The zero-order valence-corrected chi connectivity index (χ0v) is 17.7. The Morgan fingerprint density at radius 1 is 0.900 bits per heavy atom. The Bertz CT molecular complexity index is 904. The van der Waals surface area contributed by atoms with Crippen LogP contribution in [-0.2, 0) is 9.59 Å². The van der Waals surface area contributed by atoms with E-state index < -0.39 is 0 Å². The van der Waals surface area contributed by atoms with Gasteiger partial charge in [0, 0.05) is 35.1 Å². The highest BCUT2D eigenvalue weighted by molar-refractivity contribution is 6.30. The zero-order valence-electron chi connectivity index (χ0n) is 16.2. The molecule has 2 aliphatic rings. The number of nitrogens with one attached hydrogen (secondary N) is 1. The highest BCUT2D eigenvalue weighted by atomic mass is 35.5. The molecular formula is C22H22Cl2N2O4. The lowest BCUT2D eigenvalue weighted by Crippen LogP contribution is -2.53. The van der Waals surface area contributed by atoms with E-state index in [1.165, 1.54) is 0 Å². The molecule has 8 heteroatoms. The first-order valence-electron chi connectivity index (χ1n) is 9.82. The van der Waals surface area contributed by atoms with Crippen molar-refractivity contribution in [2.24, 2.45) is 11.8 Å². The van der Waals surface area contributed by atoms with Gasteiger partial charge in [-0.2, -0.15) is 0 Å². The summed E-state index contributed by atoms with van der Waals surface area (Å²) in [5, 5.41) is 4.26. The molecular weight excluding hydrogens is 427 g/mol. The predicted molar refractivity (Wildman–Crippen MR) is 114 cm³/mol. The van der Waals surface area contributed by atoms with Crippen LogP contribution in [0.5, 0.6) is 11.5 Å². The highest BCUT2D eigenvalue weighted by Crippen LogP contribution is 2.40. The van der Waals surface area contributed by atoms with E-state index >= 15 is 0 Å². The third-order valence-electron chi connectivity index (χ3n) is 5.62. The van der Waals surface area contributed by atoms with Crippen LogP contribution in [0.15, 0.2) is 48.5 Å². The van der Waals surface area contributed by atoms with Gasteiger partial charge >= 0.3 is 0 Å². The number of nitrogens with zero attached hydrogens (tertiary/aromatic N) is 1. The van der Waals surface area contributed by atoms with Crippen molar-refractivity contribution in [3.63, 3.8) is 0 Å². The van der Waals surface area contributed by atoms with Crippen molar-refractivity contribution in [2.75, 3.05) is 26.3 Å². The average molecular weight is 449 g/mol. The van der Waals surface area contributed by atoms with Crippen molar-refractivity contribution in [1.29, 1.82) is 0 Å². The smallest absolute Gasteiger partial charge is 0.260 e. The van der Waals surface area contributed by atoms with Crippen molar-refractivity contribution >= 4 is 35.0 Å². The summed E-state index contributed by atoms with van der Waals surface area (Å²) in [4.78, 5) is 26.5. The maximum atomic E-state index is 12.5. The van der Waals surface area contributed by atoms with Crippen LogP contribution in [-0.4, -0.2) is 49.1 Å². The molecule has 4 rings (SSSR count). The molecule has 0 bridgehead atoms. The molecule has 30 heavy (non-hydrogen) atoms. The zero-order chi connectivity index (χ0) is 21.1. The topological polar surface area (TPSA) is 67.9 Å². The van der Waals surface area contributed by atoms with Gasteiger partial charge in [0.05, 0.1) is 0 Å². The monoisotopic (exact) mass is 448 g/mol. The van der Waals surface area contributed by atoms with Gasteiger partial charge in [-0.25, -0.2) is 0 Å². The summed E-state index contributed by atoms with van der Waals surface area (Å²) < 4.78 is 11.0. The van der Waals surface area contributed by atoms with Gasteiger partial charge in [0.2, 0.25) is 0 Å². The number of benzene rings is 2. The molecule has 1 saturated carbocycles. The number of carbonyl (C=O) groups excluding carboxylic acids is 2. The average Bonchev–Trinajstić information content (AvgIpc) is 3.08. The van der Waals surface area contributed by atoms with Crippen molar-refractivity contribution in [3.05, 3.63) is 58.6 Å². The molecule has 2 amide bonds. The molecule has 1 heterocycles. The number of hydrogen-bond donors (Lipinski definition) is 1. The minimum absolute atomic E-state index is 0.00691. The predicted octanol–water partition coefficient (Wildman–Crippen LogP) is 3.41. The van der Waals surface area contributed by atoms with Gasteiger partial charge in [0.25, 0.3) is 11.8 Å². The minimum Gasteiger partial charge on any atom is -0.484 e. The first-order valence-corrected chi connectivity index (χ1v) is 10.6. The van der Waals surface area contributed by atoms with Crippen LogP contribution in [0.2, 0.25) is 10.0 Å². The summed E-state index contributed by atoms with van der Waals surface area (Å²) in [5.41, 5.74) is 0. The summed E-state index contributed by atoms with van der Waals surface area (Å²) in [6.07, 6.45) is 0.874. The summed E-state index contributed by atoms with van der Waals surface area (Å²) in [7, 11) is 0. The number of amides is 2. The number of ether oxygens (including phenoxy) is 2. The molecule has 2 aromatic rings. The van der Waals surface area contributed by atoms with Gasteiger partial charge < -0.3 is 19.7 Å². The molecule has 1 unspecified atom stereocenters. The number of carbonyl (C=O) groups is 2. The van der Waals surface area contributed by atoms with Crippen LogP contribution in [0, 0.1) is 11.8 Å². The quantitative estimate of drug-likeness (QED) is 0.704. The van der Waals surface area contributed by atoms with Crippen LogP contribution < -0.4 is 14.8 Å². The fourth-order valence-corrected chi connectivity index (χ4v) is 4.22. The van der Waals surface area contributed by atoms with E-state index in [4.69, 9.17) is 32.7 Å². The molecule has 0 spiro atoms. The van der Waals surface area contributed by atoms with Gasteiger partial charge in [0.15, 0.2) is 13.2 Å². The van der Waals surface area contributed by atoms with Gasteiger partial charge in [-0.15, -0.1) is 0 Å². The second kappa shape index (κ2) is 9.14. The van der Waals surface area contributed by atoms with Gasteiger partial charge in [-0.1, -0.05) is 23.2 Å². The Morgan fingerprint density at radius 2 is 1.47 bits per heavy atom. The van der Waals surface area contributed by atoms with Crippen LogP contribution in [0.3, 0.4) is 0 Å². The van der Waals surface area contributed by atoms with E-state index in [1.807, 2.05) is 4.90 Å². The van der Waals surface area contributed by atoms with E-state index in [1.54, 1.807) is 48.5 Å². The largest absolute Gasteiger partial charge is 0.484 e. The third-order valence-corrected chi connectivity index (χ3v) is 6.13. The highest BCUT2D eigenvalue weighted by Gasteiger charge is 2.48. The number of halogens is 2. The second-order valence-corrected chi connectivity index (χ2v) is 8.49. The number of rotatable bonds is 7. The Kier molecular flexibility index (Phi) is 6.35. The van der Waals surface area contributed by atoms with E-state index in [2.05, 4.69) is 5.32 Å². The summed E-state index contributed by atoms with van der Waals surface area (Å²) >= 11 is 11.7. The number of hydrogen-bond acceptors (Lipinski definition) is 4. The first-order chi connectivity index (χ1) is 14.5. The lowest BCUT2D eigenvalue weighted by Gasteiger charge is -2.39. The molecule has 1 N–H and O–H groups in total. The molecule has 0 aromatic heterocycles. The van der Waals surface area contributed by atoms with E-state index in [9.17, 15) is 9.59 Å². The molecule has 2 fully saturated rings. The Labute approximate surface area is 185 Å². The normalized spacial score (nSPS) is 22.1. The van der Waals surface area contributed by atoms with Crippen LogP contribution >= 0.6 is 23.2 Å². The molecule has 1 aliphatic carbocycles. The second-order valence-electron chi connectivity index (χ2n) is 7.62. The molecule has 2 aromatic carbocycles. The lowest BCUT2D eigenvalue weighted by atomic mass is 9.71.